The maximum absolute atomic E-state index is 12.5. The van der Waals surface area contributed by atoms with Gasteiger partial charge in [0.05, 0.1) is 13.0 Å². The lowest BCUT2D eigenvalue weighted by atomic mass is 10.1. The van der Waals surface area contributed by atoms with Crippen molar-refractivity contribution in [2.45, 2.75) is 13.3 Å². The lowest BCUT2D eigenvalue weighted by Gasteiger charge is -2.17. The second kappa shape index (κ2) is 7.15. The van der Waals surface area contributed by atoms with Crippen molar-refractivity contribution < 1.29 is 14.3 Å². The summed E-state index contributed by atoms with van der Waals surface area (Å²) in [6.07, 6.45) is 0.182. The van der Waals surface area contributed by atoms with Crippen LogP contribution >= 0.6 is 11.6 Å². The van der Waals surface area contributed by atoms with Gasteiger partial charge in [0.25, 0.3) is 0 Å². The molecular weight excluding hydrogens is 340 g/mol. The highest BCUT2D eigenvalue weighted by molar-refractivity contribution is 6.31. The van der Waals surface area contributed by atoms with Gasteiger partial charge in [0.1, 0.15) is 5.75 Å². The molecule has 25 heavy (non-hydrogen) atoms. The number of hydrogen-bond acceptors (Lipinski definition) is 3. The highest BCUT2D eigenvalue weighted by Crippen LogP contribution is 2.29. The first kappa shape index (κ1) is 17.3. The van der Waals surface area contributed by atoms with Crippen LogP contribution in [-0.4, -0.2) is 25.5 Å². The molecule has 1 unspecified atom stereocenters. The van der Waals surface area contributed by atoms with Crippen molar-refractivity contribution in [3.05, 3.63) is 53.1 Å². The average molecular weight is 359 g/mol. The number of nitrogens with zero attached hydrogens (tertiary/aromatic N) is 1. The maximum atomic E-state index is 12.5. The van der Waals surface area contributed by atoms with E-state index in [0.29, 0.717) is 23.0 Å². The number of halogens is 1. The molecule has 0 aromatic heterocycles. The number of amides is 2. The SMILES string of the molecule is COc1cccc(NC(=O)C2CC(=O)N(c3ccc(C)c(Cl)c3)C2)c1. The van der Waals surface area contributed by atoms with E-state index >= 15 is 0 Å². The van der Waals surface area contributed by atoms with E-state index < -0.39 is 5.92 Å². The normalized spacial score (nSPS) is 16.8. The average Bonchev–Trinajstić information content (AvgIpc) is 2.99. The summed E-state index contributed by atoms with van der Waals surface area (Å²) in [6.45, 7) is 2.25. The molecule has 1 saturated heterocycles. The Kier molecular flexibility index (Phi) is 4.95. The lowest BCUT2D eigenvalue weighted by molar-refractivity contribution is -0.122. The Labute approximate surface area is 151 Å². The largest absolute Gasteiger partial charge is 0.497 e. The Morgan fingerprint density at radius 3 is 2.80 bits per heavy atom. The minimum Gasteiger partial charge on any atom is -0.497 e. The third-order valence-electron chi connectivity index (χ3n) is 4.30. The third kappa shape index (κ3) is 3.77. The second-order valence-electron chi connectivity index (χ2n) is 6.06. The van der Waals surface area contributed by atoms with E-state index in [2.05, 4.69) is 5.32 Å². The molecule has 0 radical (unpaired) electrons. The molecule has 1 N–H and O–H groups in total. The first-order valence-corrected chi connectivity index (χ1v) is 8.37. The van der Waals surface area contributed by atoms with Gasteiger partial charge in [0.15, 0.2) is 0 Å². The predicted molar refractivity (Wildman–Crippen MR) is 98.3 cm³/mol. The van der Waals surface area contributed by atoms with E-state index in [1.807, 2.05) is 19.1 Å². The minimum atomic E-state index is -0.404. The van der Waals surface area contributed by atoms with E-state index in [1.54, 1.807) is 42.3 Å². The molecule has 0 saturated carbocycles. The van der Waals surface area contributed by atoms with Crippen LogP contribution in [0, 0.1) is 12.8 Å². The van der Waals surface area contributed by atoms with Gasteiger partial charge in [-0.05, 0) is 36.8 Å². The fraction of sp³-hybridized carbons (Fsp3) is 0.263. The molecule has 1 aliphatic rings. The van der Waals surface area contributed by atoms with Gasteiger partial charge in [0.2, 0.25) is 11.8 Å². The number of carbonyl (C=O) groups is 2. The number of nitrogens with one attached hydrogen (secondary N) is 1. The summed E-state index contributed by atoms with van der Waals surface area (Å²) >= 11 is 6.15. The molecule has 5 nitrogen and oxygen atoms in total. The fourth-order valence-corrected chi connectivity index (χ4v) is 3.00. The summed E-state index contributed by atoms with van der Waals surface area (Å²) in [5.74, 6) is 0.00280. The second-order valence-corrected chi connectivity index (χ2v) is 6.47. The van der Waals surface area contributed by atoms with Crippen LogP contribution in [0.25, 0.3) is 0 Å². The number of rotatable bonds is 4. The Morgan fingerprint density at radius 2 is 2.08 bits per heavy atom. The van der Waals surface area contributed by atoms with E-state index in [0.717, 1.165) is 11.3 Å². The van der Waals surface area contributed by atoms with Gasteiger partial charge in [-0.25, -0.2) is 0 Å². The van der Waals surface area contributed by atoms with Crippen LogP contribution < -0.4 is 15.0 Å². The molecule has 0 aliphatic carbocycles. The Hall–Kier alpha value is -2.53. The Morgan fingerprint density at radius 1 is 1.28 bits per heavy atom. The molecular formula is C19H19ClN2O3. The number of carbonyl (C=O) groups excluding carboxylic acids is 2. The zero-order valence-electron chi connectivity index (χ0n) is 14.1. The van der Waals surface area contributed by atoms with Gasteiger partial charge >= 0.3 is 0 Å². The molecule has 0 bridgehead atoms. The summed E-state index contributed by atoms with van der Waals surface area (Å²) < 4.78 is 5.15. The topological polar surface area (TPSA) is 58.6 Å². The zero-order valence-corrected chi connectivity index (χ0v) is 14.8. The number of ether oxygens (including phenoxy) is 1. The number of hydrogen-bond donors (Lipinski definition) is 1. The minimum absolute atomic E-state index is 0.0780. The summed E-state index contributed by atoms with van der Waals surface area (Å²) in [5.41, 5.74) is 2.32. The van der Waals surface area contributed by atoms with Gasteiger partial charge < -0.3 is 15.0 Å². The summed E-state index contributed by atoms with van der Waals surface area (Å²) in [4.78, 5) is 26.4. The van der Waals surface area contributed by atoms with E-state index in [1.165, 1.54) is 0 Å². The van der Waals surface area contributed by atoms with Crippen LogP contribution in [0.4, 0.5) is 11.4 Å². The highest BCUT2D eigenvalue weighted by Gasteiger charge is 2.35. The molecule has 1 atom stereocenters. The van der Waals surface area contributed by atoms with Gasteiger partial charge in [-0.2, -0.15) is 0 Å². The molecule has 2 amide bonds. The van der Waals surface area contributed by atoms with Crippen molar-refractivity contribution in [3.8, 4) is 5.75 Å². The van der Waals surface area contributed by atoms with E-state index in [4.69, 9.17) is 16.3 Å². The van der Waals surface area contributed by atoms with Gasteiger partial charge in [0, 0.05) is 35.4 Å². The lowest BCUT2D eigenvalue weighted by Crippen LogP contribution is -2.28. The van der Waals surface area contributed by atoms with Gasteiger partial charge in [-0.1, -0.05) is 23.7 Å². The highest BCUT2D eigenvalue weighted by atomic mass is 35.5. The van der Waals surface area contributed by atoms with Gasteiger partial charge in [-0.15, -0.1) is 0 Å². The van der Waals surface area contributed by atoms with Crippen molar-refractivity contribution in [2.24, 2.45) is 5.92 Å². The Balaban J connectivity index is 1.70. The molecule has 2 aromatic carbocycles. The molecule has 130 valence electrons. The Bertz CT molecular complexity index is 822. The zero-order chi connectivity index (χ0) is 18.0. The number of methoxy groups -OCH3 is 1. The van der Waals surface area contributed by atoms with E-state index in [-0.39, 0.29) is 18.2 Å². The van der Waals surface area contributed by atoms with Crippen LogP contribution in [0.15, 0.2) is 42.5 Å². The third-order valence-corrected chi connectivity index (χ3v) is 4.71. The quantitative estimate of drug-likeness (QED) is 0.907. The molecule has 1 heterocycles. The van der Waals surface area contributed by atoms with Gasteiger partial charge in [-0.3, -0.25) is 9.59 Å². The van der Waals surface area contributed by atoms with Crippen LogP contribution in [0.5, 0.6) is 5.75 Å². The fourth-order valence-electron chi connectivity index (χ4n) is 2.83. The first-order chi connectivity index (χ1) is 12.0. The number of anilines is 2. The number of aryl methyl sites for hydroxylation is 1. The van der Waals surface area contributed by atoms with E-state index in [9.17, 15) is 9.59 Å². The summed E-state index contributed by atoms with van der Waals surface area (Å²) in [6, 6.07) is 12.6. The summed E-state index contributed by atoms with van der Waals surface area (Å²) in [5, 5.41) is 3.45. The van der Waals surface area contributed by atoms with Crippen molar-refractivity contribution in [1.82, 2.24) is 0 Å². The van der Waals surface area contributed by atoms with Crippen molar-refractivity contribution in [3.63, 3.8) is 0 Å². The van der Waals surface area contributed by atoms with Crippen LogP contribution in [0.2, 0.25) is 5.02 Å². The van der Waals surface area contributed by atoms with Crippen molar-refractivity contribution >= 4 is 34.8 Å². The van der Waals surface area contributed by atoms with Crippen LogP contribution in [0.3, 0.4) is 0 Å². The van der Waals surface area contributed by atoms with Crippen LogP contribution in [0.1, 0.15) is 12.0 Å². The predicted octanol–water partition coefficient (Wildman–Crippen LogP) is 3.65. The van der Waals surface area contributed by atoms with Crippen molar-refractivity contribution in [1.29, 1.82) is 0 Å². The smallest absolute Gasteiger partial charge is 0.229 e. The van der Waals surface area contributed by atoms with Crippen LogP contribution in [-0.2, 0) is 9.59 Å². The first-order valence-electron chi connectivity index (χ1n) is 7.99. The molecule has 2 aromatic rings. The number of benzene rings is 2. The molecule has 1 fully saturated rings. The monoisotopic (exact) mass is 358 g/mol. The standard InChI is InChI=1S/C19H19ClN2O3/c1-12-6-7-15(10-17(12)20)22-11-13(8-18(22)23)19(24)21-14-4-3-5-16(9-14)25-2/h3-7,9-10,13H,8,11H2,1-2H3,(H,21,24). The molecule has 6 heteroatoms. The maximum Gasteiger partial charge on any atom is 0.229 e. The molecule has 3 rings (SSSR count). The summed E-state index contributed by atoms with van der Waals surface area (Å²) in [7, 11) is 1.57. The molecule has 1 aliphatic heterocycles. The van der Waals surface area contributed by atoms with Crippen molar-refractivity contribution in [2.75, 3.05) is 23.9 Å². The molecule has 0 spiro atoms.